The summed E-state index contributed by atoms with van der Waals surface area (Å²) in [6.07, 6.45) is 6.63. The van der Waals surface area contributed by atoms with E-state index in [0.29, 0.717) is 18.1 Å². The summed E-state index contributed by atoms with van der Waals surface area (Å²) in [7, 11) is -2.98. The van der Waals surface area contributed by atoms with Crippen LogP contribution in [-0.2, 0) is 16.3 Å². The van der Waals surface area contributed by atoms with Crippen LogP contribution in [0.5, 0.6) is 0 Å². The van der Waals surface area contributed by atoms with Gasteiger partial charge < -0.3 is 0 Å². The molecule has 0 bridgehead atoms. The van der Waals surface area contributed by atoms with E-state index in [1.165, 1.54) is 5.56 Å². The lowest BCUT2D eigenvalue weighted by atomic mass is 9.99. The number of unbranched alkanes of at least 4 members (excludes halogenated alkanes) is 4. The van der Waals surface area contributed by atoms with Crippen LogP contribution in [0.25, 0.3) is 0 Å². The van der Waals surface area contributed by atoms with E-state index in [1.807, 2.05) is 12.1 Å². The third-order valence-electron chi connectivity index (χ3n) is 4.68. The Labute approximate surface area is 160 Å². The average Bonchev–Trinajstić information content (AvgIpc) is 2.52. The van der Waals surface area contributed by atoms with E-state index in [-0.39, 0.29) is 5.78 Å². The van der Waals surface area contributed by atoms with Gasteiger partial charge in [-0.25, -0.2) is 8.42 Å². The maximum absolute atomic E-state index is 12.0. The first-order valence-electron chi connectivity index (χ1n) is 9.87. The van der Waals surface area contributed by atoms with Crippen molar-refractivity contribution < 1.29 is 13.2 Å². The topological polar surface area (TPSA) is 51.2 Å². The van der Waals surface area contributed by atoms with Crippen LogP contribution in [0.15, 0.2) is 24.3 Å². The molecular formula is C22H36O3S. The van der Waals surface area contributed by atoms with Gasteiger partial charge in [-0.05, 0) is 51.5 Å². The van der Waals surface area contributed by atoms with Crippen LogP contribution in [0.2, 0.25) is 0 Å². The molecule has 0 aromatic heterocycles. The first-order valence-corrected chi connectivity index (χ1v) is 11.5. The number of ketones is 1. The minimum atomic E-state index is -2.98. The Hall–Kier alpha value is -1.16. The van der Waals surface area contributed by atoms with E-state index in [0.717, 1.165) is 44.1 Å². The summed E-state index contributed by atoms with van der Waals surface area (Å²) in [6.45, 7) is 9.42. The second-order valence-corrected chi connectivity index (χ2v) is 11.5. The summed E-state index contributed by atoms with van der Waals surface area (Å²) in [5.41, 5.74) is 2.07. The zero-order valence-electron chi connectivity index (χ0n) is 17.2. The number of rotatable bonds is 11. The molecule has 0 amide bonds. The summed E-state index contributed by atoms with van der Waals surface area (Å²) in [5, 5.41) is 0. The van der Waals surface area contributed by atoms with Crippen LogP contribution in [-0.4, -0.2) is 24.7 Å². The van der Waals surface area contributed by atoms with Crippen LogP contribution >= 0.6 is 0 Å². The summed E-state index contributed by atoms with van der Waals surface area (Å²) in [6, 6.07) is 8.00. The molecule has 0 N–H and O–H groups in total. The van der Waals surface area contributed by atoms with Crippen molar-refractivity contribution in [1.29, 1.82) is 0 Å². The van der Waals surface area contributed by atoms with Crippen molar-refractivity contribution in [1.82, 2.24) is 0 Å². The van der Waals surface area contributed by atoms with Gasteiger partial charge in [0.25, 0.3) is 0 Å². The highest BCUT2D eigenvalue weighted by Gasteiger charge is 2.27. The lowest BCUT2D eigenvalue weighted by molar-refractivity contribution is 0.0968. The Kier molecular flexibility index (Phi) is 9.02. The lowest BCUT2D eigenvalue weighted by Gasteiger charge is -2.18. The van der Waals surface area contributed by atoms with Crippen LogP contribution < -0.4 is 0 Å². The first kappa shape index (κ1) is 22.9. The highest BCUT2D eigenvalue weighted by molar-refractivity contribution is 7.92. The first-order chi connectivity index (χ1) is 12.0. The molecular weight excluding hydrogens is 344 g/mol. The monoisotopic (exact) mass is 380 g/mol. The van der Waals surface area contributed by atoms with Crippen molar-refractivity contribution >= 4 is 15.6 Å². The van der Waals surface area contributed by atoms with Crippen LogP contribution in [0, 0.1) is 5.92 Å². The quantitative estimate of drug-likeness (QED) is 0.370. The van der Waals surface area contributed by atoms with E-state index >= 15 is 0 Å². The van der Waals surface area contributed by atoms with Gasteiger partial charge in [-0.1, -0.05) is 57.4 Å². The van der Waals surface area contributed by atoms with E-state index in [2.05, 4.69) is 26.0 Å². The zero-order chi connectivity index (χ0) is 19.8. The minimum Gasteiger partial charge on any atom is -0.294 e. The van der Waals surface area contributed by atoms with Crippen molar-refractivity contribution in [2.24, 2.45) is 5.92 Å². The molecule has 1 aromatic carbocycles. The van der Waals surface area contributed by atoms with Crippen molar-refractivity contribution in [2.75, 3.05) is 5.75 Å². The SMILES string of the molecule is CC(C)CC(=O)c1ccc(CCCCCCCS(=O)(=O)C(C)(C)C)cc1. The largest absolute Gasteiger partial charge is 0.294 e. The average molecular weight is 381 g/mol. The van der Waals surface area contributed by atoms with Crippen molar-refractivity contribution in [2.45, 2.75) is 84.3 Å². The maximum Gasteiger partial charge on any atom is 0.163 e. The van der Waals surface area contributed by atoms with Crippen LogP contribution in [0.4, 0.5) is 0 Å². The number of benzene rings is 1. The molecule has 4 heteroatoms. The van der Waals surface area contributed by atoms with Crippen LogP contribution in [0.1, 0.15) is 89.1 Å². The van der Waals surface area contributed by atoms with Crippen LogP contribution in [0.3, 0.4) is 0 Å². The lowest BCUT2D eigenvalue weighted by Crippen LogP contribution is -2.30. The number of carbonyl (C=O) groups excluding carboxylic acids is 1. The Balaban J connectivity index is 2.23. The van der Waals surface area contributed by atoms with Gasteiger partial charge in [0.1, 0.15) is 0 Å². The molecule has 1 aromatic rings. The second kappa shape index (κ2) is 10.2. The predicted molar refractivity (Wildman–Crippen MR) is 111 cm³/mol. The molecule has 0 atom stereocenters. The number of hydrogen-bond acceptors (Lipinski definition) is 3. The molecule has 0 spiro atoms. The summed E-state index contributed by atoms with van der Waals surface area (Å²) >= 11 is 0. The molecule has 0 heterocycles. The highest BCUT2D eigenvalue weighted by atomic mass is 32.2. The molecule has 0 aliphatic heterocycles. The van der Waals surface area contributed by atoms with E-state index in [1.54, 1.807) is 20.8 Å². The number of sulfone groups is 1. The molecule has 0 radical (unpaired) electrons. The van der Waals surface area contributed by atoms with Gasteiger partial charge >= 0.3 is 0 Å². The Bertz CT molecular complexity index is 650. The van der Waals surface area contributed by atoms with Gasteiger partial charge in [-0.15, -0.1) is 0 Å². The van der Waals surface area contributed by atoms with Gasteiger partial charge in [-0.3, -0.25) is 4.79 Å². The Morgan fingerprint density at radius 3 is 2.00 bits per heavy atom. The normalized spacial score (nSPS) is 12.5. The van der Waals surface area contributed by atoms with Gasteiger partial charge in [-0.2, -0.15) is 0 Å². The molecule has 3 nitrogen and oxygen atoms in total. The van der Waals surface area contributed by atoms with E-state index in [4.69, 9.17) is 0 Å². The Morgan fingerprint density at radius 2 is 1.46 bits per heavy atom. The standard InChI is InChI=1S/C22H36O3S/c1-18(2)17-21(23)20-14-12-19(13-15-20)11-9-7-6-8-10-16-26(24,25)22(3,4)5/h12-15,18H,6-11,16-17H2,1-5H3. The van der Waals surface area contributed by atoms with Crippen molar-refractivity contribution in [3.8, 4) is 0 Å². The fourth-order valence-electron chi connectivity index (χ4n) is 2.80. The fourth-order valence-corrected chi connectivity index (χ4v) is 4.00. The number of carbonyl (C=O) groups is 1. The fraction of sp³-hybridized carbons (Fsp3) is 0.682. The van der Waals surface area contributed by atoms with E-state index in [9.17, 15) is 13.2 Å². The molecule has 26 heavy (non-hydrogen) atoms. The molecule has 1 rings (SSSR count). The smallest absolute Gasteiger partial charge is 0.163 e. The third-order valence-corrected chi connectivity index (χ3v) is 7.37. The molecule has 0 fully saturated rings. The summed E-state index contributed by atoms with van der Waals surface area (Å²) < 4.78 is 23.4. The second-order valence-electron chi connectivity index (χ2n) is 8.67. The highest BCUT2D eigenvalue weighted by Crippen LogP contribution is 2.18. The minimum absolute atomic E-state index is 0.219. The number of aryl methyl sites for hydroxylation is 1. The molecule has 0 saturated heterocycles. The number of Topliss-reactive ketones (excluding diaryl/α,β-unsaturated/α-hetero) is 1. The zero-order valence-corrected chi connectivity index (χ0v) is 18.0. The van der Waals surface area contributed by atoms with Gasteiger partial charge in [0.15, 0.2) is 15.6 Å². The Morgan fingerprint density at radius 1 is 0.923 bits per heavy atom. The molecule has 0 aliphatic carbocycles. The maximum atomic E-state index is 12.0. The third kappa shape index (κ3) is 8.03. The summed E-state index contributed by atoms with van der Waals surface area (Å²) in [5.74, 6) is 0.903. The molecule has 0 saturated carbocycles. The number of hydrogen-bond donors (Lipinski definition) is 0. The van der Waals surface area contributed by atoms with Gasteiger partial charge in [0, 0.05) is 12.0 Å². The van der Waals surface area contributed by atoms with Gasteiger partial charge in [0.05, 0.1) is 10.5 Å². The molecule has 0 unspecified atom stereocenters. The molecule has 148 valence electrons. The van der Waals surface area contributed by atoms with Crippen molar-refractivity contribution in [3.63, 3.8) is 0 Å². The van der Waals surface area contributed by atoms with Crippen molar-refractivity contribution in [3.05, 3.63) is 35.4 Å². The predicted octanol–water partition coefficient (Wildman–Crippen LogP) is 5.62. The van der Waals surface area contributed by atoms with E-state index < -0.39 is 14.6 Å². The molecule has 0 aliphatic rings. The van der Waals surface area contributed by atoms with Gasteiger partial charge in [0.2, 0.25) is 0 Å². The summed E-state index contributed by atoms with van der Waals surface area (Å²) in [4.78, 5) is 12.0.